The summed E-state index contributed by atoms with van der Waals surface area (Å²) >= 11 is 0. The van der Waals surface area contributed by atoms with Crippen molar-refractivity contribution in [3.8, 4) is 0 Å². The molecule has 0 saturated carbocycles. The smallest absolute Gasteiger partial charge is 0.274 e. The maximum absolute atomic E-state index is 11.5. The Morgan fingerprint density at radius 3 is 2.23 bits per heavy atom. The van der Waals surface area contributed by atoms with Crippen molar-refractivity contribution in [1.82, 2.24) is 4.57 Å². The molecule has 1 unspecified atom stereocenters. The van der Waals surface area contributed by atoms with Crippen LogP contribution in [0.4, 0.5) is 0 Å². The van der Waals surface area contributed by atoms with Crippen molar-refractivity contribution in [2.45, 2.75) is 20.3 Å². The lowest BCUT2D eigenvalue weighted by Gasteiger charge is -2.04. The fourth-order valence-corrected chi connectivity index (χ4v) is 2.37. The lowest BCUT2D eigenvalue weighted by molar-refractivity contribution is 0.0836. The molecule has 1 aromatic heterocycles. The van der Waals surface area contributed by atoms with Crippen molar-refractivity contribution in [2.75, 3.05) is 0 Å². The molecule has 4 nitrogen and oxygen atoms in total. The molecule has 0 radical (unpaired) electrons. The fraction of sp³-hybridized carbons (Fsp3) is 0.571. The van der Waals surface area contributed by atoms with Crippen LogP contribution in [0, 0.1) is 5.92 Å². The number of aromatic nitrogens is 1. The first-order valence-electron chi connectivity index (χ1n) is 3.84. The molecule has 0 fully saturated rings. The van der Waals surface area contributed by atoms with E-state index in [1.54, 1.807) is 6.92 Å². The molecule has 0 spiro atoms. The van der Waals surface area contributed by atoms with Gasteiger partial charge in [-0.15, -0.1) is 0 Å². The summed E-state index contributed by atoms with van der Waals surface area (Å²) in [5.74, 6) is -0.665. The van der Waals surface area contributed by atoms with E-state index in [1.807, 2.05) is 6.92 Å². The lowest BCUT2D eigenvalue weighted by atomic mass is 10.1. The molecule has 1 aromatic rings. The van der Waals surface area contributed by atoms with Crippen LogP contribution in [-0.2, 0) is 0 Å². The Morgan fingerprint density at radius 2 is 1.85 bits per heavy atom. The third-order valence-corrected chi connectivity index (χ3v) is 3.64. The van der Waals surface area contributed by atoms with Crippen LogP contribution in [0.5, 0.6) is 0 Å². The van der Waals surface area contributed by atoms with Crippen LogP contribution >= 0.6 is 20.7 Å². The minimum absolute atomic E-state index is 0.271. The van der Waals surface area contributed by atoms with Crippen LogP contribution in [0.1, 0.15) is 25.1 Å². The molecule has 0 aliphatic heterocycles. The maximum atomic E-state index is 11.5. The normalized spacial score (nSPS) is 12.8. The Morgan fingerprint density at radius 1 is 1.38 bits per heavy atom. The van der Waals surface area contributed by atoms with Gasteiger partial charge < -0.3 is 0 Å². The average molecular weight is 219 g/mol. The molecule has 0 saturated heterocycles. The Labute approximate surface area is 81.8 Å². The van der Waals surface area contributed by atoms with Gasteiger partial charge in [-0.1, -0.05) is 13.8 Å². The summed E-state index contributed by atoms with van der Waals surface area (Å²) in [6.45, 7) is 3.55. The Kier molecular flexibility index (Phi) is 3.16. The van der Waals surface area contributed by atoms with Crippen molar-refractivity contribution >= 4 is 26.6 Å². The number of rotatable bonds is 2. The van der Waals surface area contributed by atoms with E-state index in [-0.39, 0.29) is 5.92 Å². The van der Waals surface area contributed by atoms with Crippen LogP contribution in [0.15, 0.2) is 9.59 Å². The molecular formula is C7H9NO3S2. The van der Waals surface area contributed by atoms with Crippen LogP contribution in [-0.4, -0.2) is 10.5 Å². The second-order valence-corrected chi connectivity index (χ2v) is 4.71. The molecule has 0 N–H and O–H groups in total. The zero-order valence-corrected chi connectivity index (χ0v) is 8.91. The zero-order chi connectivity index (χ0) is 10.0. The summed E-state index contributed by atoms with van der Waals surface area (Å²) in [5, 5.41) is 0. The summed E-state index contributed by atoms with van der Waals surface area (Å²) < 4.78 is 0.726. The molecule has 0 amide bonds. The van der Waals surface area contributed by atoms with E-state index in [0.717, 1.165) is 25.2 Å². The number of hydrogen-bond donors (Lipinski definition) is 0. The van der Waals surface area contributed by atoms with E-state index in [9.17, 15) is 14.4 Å². The highest BCUT2D eigenvalue weighted by atomic mass is 32.9. The third kappa shape index (κ3) is 1.94. The van der Waals surface area contributed by atoms with E-state index < -0.39 is 15.7 Å². The van der Waals surface area contributed by atoms with Gasteiger partial charge in [-0.05, 0) is 27.1 Å². The number of nitrogens with zero attached hydrogens (tertiary/aromatic N) is 1. The zero-order valence-electron chi connectivity index (χ0n) is 7.27. The van der Waals surface area contributed by atoms with E-state index in [4.69, 9.17) is 0 Å². The largest absolute Gasteiger partial charge is 0.327 e. The molecule has 6 heteroatoms. The van der Waals surface area contributed by atoms with Gasteiger partial charge in [-0.3, -0.25) is 14.4 Å². The molecule has 0 aromatic carbocycles. The van der Waals surface area contributed by atoms with E-state index in [2.05, 4.69) is 0 Å². The van der Waals surface area contributed by atoms with Gasteiger partial charge in [-0.25, -0.2) is 0 Å². The van der Waals surface area contributed by atoms with Crippen LogP contribution in [0.2, 0.25) is 0 Å². The Balaban J connectivity index is 3.16. The molecule has 1 heterocycles. The van der Waals surface area contributed by atoms with Crippen molar-refractivity contribution in [3.63, 3.8) is 0 Å². The van der Waals surface area contributed by atoms with Crippen LogP contribution in [0.3, 0.4) is 0 Å². The van der Waals surface area contributed by atoms with E-state index in [1.165, 1.54) is 0 Å². The van der Waals surface area contributed by atoms with Gasteiger partial charge in [0.1, 0.15) is 0 Å². The van der Waals surface area contributed by atoms with Gasteiger partial charge in [0.05, 0.1) is 0 Å². The third-order valence-electron chi connectivity index (χ3n) is 1.80. The minimum Gasteiger partial charge on any atom is -0.274 e. The predicted octanol–water partition coefficient (Wildman–Crippen LogP) is 1.02. The van der Waals surface area contributed by atoms with Crippen molar-refractivity contribution in [2.24, 2.45) is 5.92 Å². The topological polar surface area (TPSA) is 56.1 Å². The van der Waals surface area contributed by atoms with E-state index >= 15 is 0 Å². The summed E-state index contributed by atoms with van der Waals surface area (Å²) in [6.07, 6.45) is 0.630. The second-order valence-electron chi connectivity index (χ2n) is 2.68. The van der Waals surface area contributed by atoms with Gasteiger partial charge in [0.2, 0.25) is 5.91 Å². The predicted molar refractivity (Wildman–Crippen MR) is 52.8 cm³/mol. The fourth-order valence-electron chi connectivity index (χ4n) is 0.795. The van der Waals surface area contributed by atoms with Gasteiger partial charge in [0, 0.05) is 5.92 Å². The first kappa shape index (κ1) is 10.3. The molecule has 0 aliphatic carbocycles. The summed E-state index contributed by atoms with van der Waals surface area (Å²) in [6, 6.07) is 0. The molecule has 1 atom stereocenters. The molecule has 72 valence electrons. The van der Waals surface area contributed by atoms with Crippen molar-refractivity contribution < 1.29 is 4.79 Å². The van der Waals surface area contributed by atoms with Crippen molar-refractivity contribution in [3.05, 3.63) is 19.3 Å². The summed E-state index contributed by atoms with van der Waals surface area (Å²) in [4.78, 5) is 32.7. The van der Waals surface area contributed by atoms with Gasteiger partial charge in [0.25, 0.3) is 0 Å². The second kappa shape index (κ2) is 3.97. The summed E-state index contributed by atoms with van der Waals surface area (Å²) in [5.41, 5.74) is 0. The molecular weight excluding hydrogens is 210 g/mol. The average Bonchev–Trinajstić information content (AvgIpc) is 2.44. The molecule has 1 rings (SSSR count). The lowest BCUT2D eigenvalue weighted by Crippen LogP contribution is -2.34. The van der Waals surface area contributed by atoms with Crippen LogP contribution < -0.4 is 9.75 Å². The quantitative estimate of drug-likeness (QED) is 0.698. The van der Waals surface area contributed by atoms with Crippen molar-refractivity contribution in [1.29, 1.82) is 0 Å². The SMILES string of the molecule is CCC(C)C(=O)n1c(=O)ssc1=O. The molecule has 0 bridgehead atoms. The maximum Gasteiger partial charge on any atom is 0.327 e. The van der Waals surface area contributed by atoms with Gasteiger partial charge in [-0.2, -0.15) is 4.57 Å². The highest BCUT2D eigenvalue weighted by molar-refractivity contribution is 7.67. The number of carbonyl (C=O) groups excluding carboxylic acids is 1. The highest BCUT2D eigenvalue weighted by Crippen LogP contribution is 2.03. The summed E-state index contributed by atoms with van der Waals surface area (Å²) in [7, 11) is 1.61. The number of carbonyl (C=O) groups is 1. The van der Waals surface area contributed by atoms with Crippen LogP contribution in [0.25, 0.3) is 0 Å². The first-order chi connectivity index (χ1) is 6.07. The Bertz CT molecular complexity index is 386. The molecule has 0 aliphatic rings. The van der Waals surface area contributed by atoms with Gasteiger partial charge >= 0.3 is 9.75 Å². The Hall–Kier alpha value is -0.750. The van der Waals surface area contributed by atoms with Gasteiger partial charge in [0.15, 0.2) is 0 Å². The highest BCUT2D eigenvalue weighted by Gasteiger charge is 2.18. The molecule has 13 heavy (non-hydrogen) atoms. The minimum atomic E-state index is -0.472. The van der Waals surface area contributed by atoms with E-state index in [0.29, 0.717) is 6.42 Å². The first-order valence-corrected chi connectivity index (χ1v) is 5.99. The standard InChI is InChI=1S/C7H9NO3S2/c1-3-4(2)5(9)8-6(10)12-13-7(8)11/h4H,3H2,1-2H3. The monoisotopic (exact) mass is 219 g/mol. The number of hydrogen-bond acceptors (Lipinski definition) is 5.